The minimum Gasteiger partial charge on any atom is -0.465 e. The molecule has 0 radical (unpaired) electrons. The molecule has 8 nitrogen and oxygen atoms in total. The number of hydrogen-bond donors (Lipinski definition) is 1. The lowest BCUT2D eigenvalue weighted by Crippen LogP contribution is -2.01. The van der Waals surface area contributed by atoms with Crippen molar-refractivity contribution in [1.29, 1.82) is 0 Å². The van der Waals surface area contributed by atoms with Crippen LogP contribution in [-0.4, -0.2) is 24.2 Å². The molecule has 0 spiro atoms. The molecule has 28 heavy (non-hydrogen) atoms. The number of methoxy groups -OCH3 is 1. The Kier molecular flexibility index (Phi) is 5.71. The Bertz CT molecular complexity index is 1040. The zero-order chi connectivity index (χ0) is 20.1. The van der Waals surface area contributed by atoms with Crippen molar-refractivity contribution >= 4 is 35.2 Å². The Morgan fingerprint density at radius 2 is 1.96 bits per heavy atom. The third-order valence-corrected chi connectivity index (χ3v) is 4.07. The zero-order valence-corrected chi connectivity index (χ0v) is 15.3. The average Bonchev–Trinajstić information content (AvgIpc) is 3.16. The highest BCUT2D eigenvalue weighted by Crippen LogP contribution is 2.30. The lowest BCUT2D eigenvalue weighted by Gasteiger charge is -2.04. The number of esters is 1. The Hall–Kier alpha value is -3.65. The van der Waals surface area contributed by atoms with Crippen molar-refractivity contribution in [2.75, 3.05) is 12.5 Å². The van der Waals surface area contributed by atoms with Gasteiger partial charge in [0.05, 0.1) is 34.5 Å². The molecule has 0 saturated carbocycles. The normalized spacial score (nSPS) is 10.8. The third-order valence-electron chi connectivity index (χ3n) is 3.74. The predicted octanol–water partition coefficient (Wildman–Crippen LogP) is 4.74. The molecule has 1 N–H and O–H groups in total. The van der Waals surface area contributed by atoms with Crippen molar-refractivity contribution in [3.05, 3.63) is 81.1 Å². The summed E-state index contributed by atoms with van der Waals surface area (Å²) in [6.07, 6.45) is 1.45. The maximum absolute atomic E-state index is 11.7. The summed E-state index contributed by atoms with van der Waals surface area (Å²) >= 11 is 6.20. The Balaban J connectivity index is 1.73. The molecule has 0 atom stereocenters. The number of non-ortho nitro benzene ring substituents is 1. The highest BCUT2D eigenvalue weighted by Gasteiger charge is 2.13. The van der Waals surface area contributed by atoms with Crippen LogP contribution in [0.4, 0.5) is 11.4 Å². The van der Waals surface area contributed by atoms with E-state index in [0.717, 1.165) is 0 Å². The maximum Gasteiger partial charge on any atom is 0.337 e. The fourth-order valence-corrected chi connectivity index (χ4v) is 2.56. The molecule has 2 aromatic carbocycles. The van der Waals surface area contributed by atoms with Crippen LogP contribution in [0.3, 0.4) is 0 Å². The monoisotopic (exact) mass is 399 g/mol. The molecule has 0 aliphatic heterocycles. The maximum atomic E-state index is 11.7. The number of hydrogen-bond acceptors (Lipinski definition) is 7. The van der Waals surface area contributed by atoms with Crippen LogP contribution in [0.1, 0.15) is 16.1 Å². The summed E-state index contributed by atoms with van der Waals surface area (Å²) in [6.45, 7) is 0. The summed E-state index contributed by atoms with van der Waals surface area (Å²) in [5.41, 5.74) is 4.24. The number of nitrogens with one attached hydrogen (secondary N) is 1. The number of carbonyl (C=O) groups excluding carboxylic acids is 1. The van der Waals surface area contributed by atoms with Gasteiger partial charge in [0, 0.05) is 17.7 Å². The lowest BCUT2D eigenvalue weighted by molar-refractivity contribution is -0.384. The summed E-state index contributed by atoms with van der Waals surface area (Å²) in [5.74, 6) is 0.440. The van der Waals surface area contributed by atoms with E-state index < -0.39 is 10.9 Å². The summed E-state index contributed by atoms with van der Waals surface area (Å²) in [4.78, 5) is 21.8. The number of anilines is 1. The van der Waals surface area contributed by atoms with E-state index >= 15 is 0 Å². The van der Waals surface area contributed by atoms with Crippen molar-refractivity contribution < 1.29 is 18.9 Å². The SMILES string of the molecule is COC(=O)c1ccc(Cl)c(-c2ccc(/C=N/Nc3ccc([N+](=O)[O-])cc3)o2)c1. The molecule has 0 unspecified atom stereocenters. The van der Waals surface area contributed by atoms with Crippen LogP contribution in [0, 0.1) is 10.1 Å². The average molecular weight is 400 g/mol. The van der Waals surface area contributed by atoms with Crippen LogP contribution >= 0.6 is 11.6 Å². The number of nitro groups is 1. The number of nitro benzene ring substituents is 1. The Morgan fingerprint density at radius 1 is 1.21 bits per heavy atom. The molecule has 1 heterocycles. The van der Waals surface area contributed by atoms with Gasteiger partial charge in [-0.15, -0.1) is 0 Å². The molecule has 0 aliphatic carbocycles. The van der Waals surface area contributed by atoms with Crippen LogP contribution in [-0.2, 0) is 4.74 Å². The Morgan fingerprint density at radius 3 is 2.64 bits per heavy atom. The summed E-state index contributed by atoms with van der Waals surface area (Å²) in [7, 11) is 1.30. The summed E-state index contributed by atoms with van der Waals surface area (Å²) in [6, 6.07) is 14.0. The number of carbonyl (C=O) groups is 1. The number of halogens is 1. The van der Waals surface area contributed by atoms with Crippen LogP contribution < -0.4 is 5.43 Å². The van der Waals surface area contributed by atoms with E-state index in [-0.39, 0.29) is 5.69 Å². The minimum atomic E-state index is -0.474. The first-order valence-electron chi connectivity index (χ1n) is 7.99. The fourth-order valence-electron chi connectivity index (χ4n) is 2.35. The second-order valence-electron chi connectivity index (χ2n) is 5.56. The Labute approximate surface area is 164 Å². The van der Waals surface area contributed by atoms with E-state index in [9.17, 15) is 14.9 Å². The van der Waals surface area contributed by atoms with Crippen molar-refractivity contribution in [3.8, 4) is 11.3 Å². The molecule has 142 valence electrons. The van der Waals surface area contributed by atoms with E-state index in [1.807, 2.05) is 0 Å². The van der Waals surface area contributed by atoms with Gasteiger partial charge in [-0.2, -0.15) is 5.10 Å². The van der Waals surface area contributed by atoms with Crippen molar-refractivity contribution in [2.45, 2.75) is 0 Å². The van der Waals surface area contributed by atoms with Crippen molar-refractivity contribution in [2.24, 2.45) is 5.10 Å². The van der Waals surface area contributed by atoms with Gasteiger partial charge in [0.15, 0.2) is 0 Å². The summed E-state index contributed by atoms with van der Waals surface area (Å²) < 4.78 is 10.4. The molecular formula is C19H14ClN3O5. The fraction of sp³-hybridized carbons (Fsp3) is 0.0526. The second-order valence-corrected chi connectivity index (χ2v) is 5.97. The van der Waals surface area contributed by atoms with E-state index in [2.05, 4.69) is 10.5 Å². The van der Waals surface area contributed by atoms with Gasteiger partial charge in [-0.3, -0.25) is 15.5 Å². The molecule has 1 aromatic heterocycles. The van der Waals surface area contributed by atoms with Crippen LogP contribution in [0.5, 0.6) is 0 Å². The topological polar surface area (TPSA) is 107 Å². The van der Waals surface area contributed by atoms with Gasteiger partial charge in [0.25, 0.3) is 5.69 Å². The minimum absolute atomic E-state index is 0.00345. The van der Waals surface area contributed by atoms with Crippen molar-refractivity contribution in [3.63, 3.8) is 0 Å². The highest BCUT2D eigenvalue weighted by molar-refractivity contribution is 6.33. The third kappa shape index (κ3) is 4.36. The molecule has 9 heteroatoms. The number of benzene rings is 2. The van der Waals surface area contributed by atoms with E-state index in [0.29, 0.717) is 33.4 Å². The van der Waals surface area contributed by atoms with Crippen molar-refractivity contribution in [1.82, 2.24) is 0 Å². The molecule has 3 aromatic rings. The lowest BCUT2D eigenvalue weighted by atomic mass is 10.1. The number of nitrogens with zero attached hydrogens (tertiary/aromatic N) is 2. The first kappa shape index (κ1) is 19.1. The largest absolute Gasteiger partial charge is 0.465 e. The molecule has 0 aliphatic rings. The van der Waals surface area contributed by atoms with E-state index in [4.69, 9.17) is 20.8 Å². The molecule has 0 saturated heterocycles. The number of ether oxygens (including phenoxy) is 1. The zero-order valence-electron chi connectivity index (χ0n) is 14.6. The van der Waals surface area contributed by atoms with Gasteiger partial charge < -0.3 is 9.15 Å². The van der Waals surface area contributed by atoms with Gasteiger partial charge in [-0.05, 0) is 42.5 Å². The van der Waals surface area contributed by atoms with E-state index in [1.165, 1.54) is 25.5 Å². The van der Waals surface area contributed by atoms with Crippen LogP contribution in [0.25, 0.3) is 11.3 Å². The van der Waals surface area contributed by atoms with Gasteiger partial charge in [0.1, 0.15) is 11.5 Å². The van der Waals surface area contributed by atoms with Crippen LogP contribution in [0.15, 0.2) is 64.1 Å². The van der Waals surface area contributed by atoms with Gasteiger partial charge in [0.2, 0.25) is 0 Å². The molecule has 0 fully saturated rings. The molecule has 0 bridgehead atoms. The number of hydrazone groups is 1. The first-order valence-corrected chi connectivity index (χ1v) is 8.37. The number of furan rings is 1. The molecular weight excluding hydrogens is 386 g/mol. The first-order chi connectivity index (χ1) is 13.5. The molecule has 3 rings (SSSR count). The smallest absolute Gasteiger partial charge is 0.337 e. The van der Waals surface area contributed by atoms with Gasteiger partial charge >= 0.3 is 5.97 Å². The number of rotatable bonds is 6. The van der Waals surface area contributed by atoms with Crippen LogP contribution in [0.2, 0.25) is 5.02 Å². The molecule has 0 amide bonds. The standard InChI is InChI=1S/C19H14ClN3O5/c1-27-19(24)12-2-8-17(20)16(10-12)18-9-7-15(28-18)11-21-22-13-3-5-14(6-4-13)23(25)26/h2-11,22H,1H3/b21-11+. The van der Waals surface area contributed by atoms with Gasteiger partial charge in [-0.1, -0.05) is 11.6 Å². The quantitative estimate of drug-likeness (QED) is 0.277. The highest BCUT2D eigenvalue weighted by atomic mass is 35.5. The second kappa shape index (κ2) is 8.36. The van der Waals surface area contributed by atoms with E-state index in [1.54, 1.807) is 42.5 Å². The summed E-state index contributed by atoms with van der Waals surface area (Å²) in [5, 5.41) is 15.1. The van der Waals surface area contributed by atoms with Gasteiger partial charge in [-0.25, -0.2) is 4.79 Å². The predicted molar refractivity (Wildman–Crippen MR) is 105 cm³/mol.